The Morgan fingerprint density at radius 2 is 1.87 bits per heavy atom. The van der Waals surface area contributed by atoms with Gasteiger partial charge in [0.25, 0.3) is 0 Å². The highest BCUT2D eigenvalue weighted by molar-refractivity contribution is 5.65. The number of amides is 1. The number of aromatic nitrogens is 3. The molecular formula is C24H27N5O2. The van der Waals surface area contributed by atoms with Crippen molar-refractivity contribution in [2.24, 2.45) is 5.92 Å². The molecule has 0 aliphatic carbocycles. The van der Waals surface area contributed by atoms with E-state index in [0.717, 1.165) is 49.3 Å². The van der Waals surface area contributed by atoms with Crippen LogP contribution < -0.4 is 4.90 Å². The van der Waals surface area contributed by atoms with Gasteiger partial charge in [0.2, 0.25) is 0 Å². The number of carboxylic acid groups (broad SMARTS) is 1. The normalized spacial score (nSPS) is 14.4. The molecule has 1 saturated heterocycles. The smallest absolute Gasteiger partial charge is 0.407 e. The van der Waals surface area contributed by atoms with E-state index in [9.17, 15) is 9.90 Å². The molecule has 1 N–H and O–H groups in total. The second-order valence-corrected chi connectivity index (χ2v) is 7.89. The lowest BCUT2D eigenvalue weighted by atomic mass is 9.93. The Morgan fingerprint density at radius 1 is 1.06 bits per heavy atom. The van der Waals surface area contributed by atoms with Crippen molar-refractivity contribution in [3.63, 3.8) is 0 Å². The Labute approximate surface area is 182 Å². The van der Waals surface area contributed by atoms with E-state index in [1.807, 2.05) is 48.5 Å². The van der Waals surface area contributed by atoms with Crippen LogP contribution in [0.15, 0.2) is 67.1 Å². The molecule has 1 amide bonds. The van der Waals surface area contributed by atoms with Crippen molar-refractivity contribution in [2.45, 2.75) is 25.8 Å². The Kier molecular flexibility index (Phi) is 6.72. The molecule has 31 heavy (non-hydrogen) atoms. The van der Waals surface area contributed by atoms with Gasteiger partial charge in [-0.15, -0.1) is 0 Å². The van der Waals surface area contributed by atoms with E-state index in [-0.39, 0.29) is 0 Å². The van der Waals surface area contributed by atoms with E-state index in [0.29, 0.717) is 24.8 Å². The first-order valence-corrected chi connectivity index (χ1v) is 10.7. The maximum absolute atomic E-state index is 11.7. The number of hydrogen-bond acceptors (Lipinski definition) is 5. The zero-order valence-electron chi connectivity index (χ0n) is 17.5. The quantitative estimate of drug-likeness (QED) is 0.616. The second-order valence-electron chi connectivity index (χ2n) is 7.89. The van der Waals surface area contributed by atoms with Crippen LogP contribution in [-0.4, -0.2) is 50.7 Å². The van der Waals surface area contributed by atoms with Crippen molar-refractivity contribution < 1.29 is 9.90 Å². The minimum atomic E-state index is -0.856. The topological polar surface area (TPSA) is 82.5 Å². The molecule has 7 nitrogen and oxygen atoms in total. The predicted molar refractivity (Wildman–Crippen MR) is 120 cm³/mol. The Morgan fingerprint density at radius 3 is 2.58 bits per heavy atom. The summed E-state index contributed by atoms with van der Waals surface area (Å²) >= 11 is 0. The van der Waals surface area contributed by atoms with Crippen molar-refractivity contribution in [1.82, 2.24) is 19.9 Å². The first kappa shape index (κ1) is 20.8. The van der Waals surface area contributed by atoms with Crippen molar-refractivity contribution in [1.29, 1.82) is 0 Å². The molecule has 0 saturated carbocycles. The largest absolute Gasteiger partial charge is 0.465 e. The average molecular weight is 418 g/mol. The number of nitrogens with zero attached hydrogens (tertiary/aromatic N) is 5. The average Bonchev–Trinajstić information content (AvgIpc) is 2.83. The molecule has 0 atom stereocenters. The molecule has 2 aromatic heterocycles. The van der Waals surface area contributed by atoms with Gasteiger partial charge in [0.05, 0.1) is 0 Å². The number of pyridine rings is 1. The van der Waals surface area contributed by atoms with Gasteiger partial charge in [-0.3, -0.25) is 4.98 Å². The number of carbonyl (C=O) groups is 1. The standard InChI is InChI=1S/C24H27N5O2/c30-24(31)29(18-20-5-2-1-3-6-20)16-11-19-9-14-28(15-10-19)22-8-13-26-23(27-22)21-7-4-12-25-17-21/h1-8,12-13,17,19H,9-11,14-16,18H2,(H,30,31). The van der Waals surface area contributed by atoms with Gasteiger partial charge < -0.3 is 14.9 Å². The first-order chi connectivity index (χ1) is 15.2. The lowest BCUT2D eigenvalue weighted by Crippen LogP contribution is -2.36. The van der Waals surface area contributed by atoms with E-state index in [4.69, 9.17) is 4.98 Å². The SMILES string of the molecule is O=C(O)N(CCC1CCN(c2ccnc(-c3cccnc3)n2)CC1)Cc1ccccc1. The molecule has 7 heteroatoms. The molecule has 1 aliphatic heterocycles. The van der Waals surface area contributed by atoms with Crippen LogP contribution in [-0.2, 0) is 6.54 Å². The van der Waals surface area contributed by atoms with E-state index in [1.54, 1.807) is 18.6 Å². The highest BCUT2D eigenvalue weighted by Gasteiger charge is 2.22. The maximum atomic E-state index is 11.7. The molecule has 0 unspecified atom stereocenters. The summed E-state index contributed by atoms with van der Waals surface area (Å²) in [5.41, 5.74) is 1.93. The number of hydrogen-bond donors (Lipinski definition) is 1. The zero-order valence-corrected chi connectivity index (χ0v) is 17.5. The van der Waals surface area contributed by atoms with Crippen molar-refractivity contribution >= 4 is 11.9 Å². The third-order valence-corrected chi connectivity index (χ3v) is 5.79. The van der Waals surface area contributed by atoms with Gasteiger partial charge in [-0.1, -0.05) is 30.3 Å². The summed E-state index contributed by atoms with van der Waals surface area (Å²) in [5.74, 6) is 2.14. The number of piperidine rings is 1. The summed E-state index contributed by atoms with van der Waals surface area (Å²) in [6.07, 6.45) is 7.40. The lowest BCUT2D eigenvalue weighted by molar-refractivity contribution is 0.137. The number of anilines is 1. The lowest BCUT2D eigenvalue weighted by Gasteiger charge is -2.33. The fourth-order valence-electron chi connectivity index (χ4n) is 3.99. The molecule has 0 bridgehead atoms. The predicted octanol–water partition coefficient (Wildman–Crippen LogP) is 4.33. The first-order valence-electron chi connectivity index (χ1n) is 10.7. The fraction of sp³-hybridized carbons (Fsp3) is 0.333. The van der Waals surface area contributed by atoms with Crippen molar-refractivity contribution in [3.8, 4) is 11.4 Å². The van der Waals surface area contributed by atoms with Crippen LogP contribution in [0.1, 0.15) is 24.8 Å². The van der Waals surface area contributed by atoms with E-state index < -0.39 is 6.09 Å². The van der Waals surface area contributed by atoms with Crippen LogP contribution >= 0.6 is 0 Å². The number of rotatable bonds is 7. The highest BCUT2D eigenvalue weighted by Crippen LogP contribution is 2.25. The van der Waals surface area contributed by atoms with Gasteiger partial charge >= 0.3 is 6.09 Å². The zero-order chi connectivity index (χ0) is 21.5. The summed E-state index contributed by atoms with van der Waals surface area (Å²) in [4.78, 5) is 28.7. The summed E-state index contributed by atoms with van der Waals surface area (Å²) in [7, 11) is 0. The van der Waals surface area contributed by atoms with E-state index in [1.165, 1.54) is 4.90 Å². The molecule has 1 aliphatic rings. The van der Waals surface area contributed by atoms with Gasteiger partial charge in [-0.2, -0.15) is 0 Å². The summed E-state index contributed by atoms with van der Waals surface area (Å²) in [6, 6.07) is 15.6. The van der Waals surface area contributed by atoms with Gasteiger partial charge in [0.15, 0.2) is 5.82 Å². The van der Waals surface area contributed by atoms with Crippen LogP contribution in [0, 0.1) is 5.92 Å². The van der Waals surface area contributed by atoms with Crippen LogP contribution in [0.4, 0.5) is 10.6 Å². The Bertz CT molecular complexity index is 976. The minimum absolute atomic E-state index is 0.438. The Balaban J connectivity index is 1.30. The third-order valence-electron chi connectivity index (χ3n) is 5.79. The third kappa shape index (κ3) is 5.57. The monoisotopic (exact) mass is 417 g/mol. The van der Waals surface area contributed by atoms with Gasteiger partial charge in [0, 0.05) is 50.3 Å². The molecule has 1 fully saturated rings. The van der Waals surface area contributed by atoms with Gasteiger partial charge in [0.1, 0.15) is 5.82 Å². The highest BCUT2D eigenvalue weighted by atomic mass is 16.4. The van der Waals surface area contributed by atoms with Crippen LogP contribution in [0.3, 0.4) is 0 Å². The van der Waals surface area contributed by atoms with Crippen molar-refractivity contribution in [3.05, 3.63) is 72.7 Å². The Hall–Kier alpha value is -3.48. The van der Waals surface area contributed by atoms with Crippen LogP contribution in [0.25, 0.3) is 11.4 Å². The molecule has 0 spiro atoms. The van der Waals surface area contributed by atoms with Gasteiger partial charge in [-0.25, -0.2) is 14.8 Å². The molecule has 3 heterocycles. The van der Waals surface area contributed by atoms with Crippen LogP contribution in [0.5, 0.6) is 0 Å². The summed E-state index contributed by atoms with van der Waals surface area (Å²) < 4.78 is 0. The molecule has 0 radical (unpaired) electrons. The number of benzene rings is 1. The van der Waals surface area contributed by atoms with Gasteiger partial charge in [-0.05, 0) is 48.9 Å². The molecule has 160 valence electrons. The second kappa shape index (κ2) is 10.0. The van der Waals surface area contributed by atoms with E-state index >= 15 is 0 Å². The van der Waals surface area contributed by atoms with Crippen LogP contribution in [0.2, 0.25) is 0 Å². The molecular weight excluding hydrogens is 390 g/mol. The fourth-order valence-corrected chi connectivity index (χ4v) is 3.99. The van der Waals surface area contributed by atoms with Crippen molar-refractivity contribution in [2.75, 3.05) is 24.5 Å². The molecule has 3 aromatic rings. The van der Waals surface area contributed by atoms with E-state index in [2.05, 4.69) is 14.9 Å². The molecule has 1 aromatic carbocycles. The minimum Gasteiger partial charge on any atom is -0.465 e. The molecule has 4 rings (SSSR count). The summed E-state index contributed by atoms with van der Waals surface area (Å²) in [6.45, 7) is 2.83. The summed E-state index contributed by atoms with van der Waals surface area (Å²) in [5, 5.41) is 9.57. The maximum Gasteiger partial charge on any atom is 0.407 e.